The molecule has 5 aromatic rings. The van der Waals surface area contributed by atoms with E-state index in [-0.39, 0.29) is 0 Å². The molecular weight excluding hydrogens is 340 g/mol. The van der Waals surface area contributed by atoms with Gasteiger partial charge in [-0.15, -0.1) is 0 Å². The largest absolute Gasteiger partial charge is 0.369 e. The van der Waals surface area contributed by atoms with E-state index in [1.54, 1.807) is 0 Å². The fourth-order valence-corrected chi connectivity index (χ4v) is 3.72. The van der Waals surface area contributed by atoms with Gasteiger partial charge in [-0.3, -0.25) is 0 Å². The molecule has 0 spiro atoms. The van der Waals surface area contributed by atoms with Crippen LogP contribution >= 0.6 is 0 Å². The van der Waals surface area contributed by atoms with Crippen molar-refractivity contribution in [1.82, 2.24) is 0 Å². The van der Waals surface area contributed by atoms with E-state index in [9.17, 15) is 0 Å². The highest BCUT2D eigenvalue weighted by Crippen LogP contribution is 2.42. The highest BCUT2D eigenvalue weighted by atomic mass is 16.3. The molecule has 0 amide bonds. The average molecular weight is 359 g/mol. The molecule has 0 saturated heterocycles. The monoisotopic (exact) mass is 359 g/mol. The lowest BCUT2D eigenvalue weighted by atomic mass is 9.93. The van der Waals surface area contributed by atoms with E-state index in [1.807, 2.05) is 30.3 Å². The topological polar surface area (TPSA) is 11.3 Å². The summed E-state index contributed by atoms with van der Waals surface area (Å²) in [5.74, 6) is 1.79. The summed E-state index contributed by atoms with van der Waals surface area (Å²) in [6.07, 6.45) is 0. The summed E-state index contributed by atoms with van der Waals surface area (Å²) < 4.78 is 6.65. The Hall–Kier alpha value is -3.71. The minimum Gasteiger partial charge on any atom is -0.205 e. The van der Waals surface area contributed by atoms with Crippen molar-refractivity contribution in [2.24, 2.45) is 0 Å². The Labute approximate surface area is 164 Å². The number of hydrogen-bond donors (Lipinski definition) is 0. The summed E-state index contributed by atoms with van der Waals surface area (Å²) in [5, 5.41) is 2.31. The van der Waals surface area contributed by atoms with Crippen LogP contribution in [0.25, 0.3) is 44.5 Å². The average Bonchev–Trinajstić information content (AvgIpc) is 2.80. The third kappa shape index (κ3) is 2.87. The lowest BCUT2D eigenvalue weighted by molar-refractivity contribution is 0.590. The van der Waals surface area contributed by atoms with Crippen LogP contribution in [0.2, 0.25) is 0 Å². The first kappa shape index (κ1) is 16.5. The molecule has 0 N–H and O–H groups in total. The molecule has 0 radical (unpaired) electrons. The molecular formula is C27H19O+. The fourth-order valence-electron chi connectivity index (χ4n) is 3.72. The van der Waals surface area contributed by atoms with Crippen LogP contribution in [0.15, 0.2) is 120 Å². The molecule has 0 aliphatic carbocycles. The van der Waals surface area contributed by atoms with Crippen LogP contribution in [0.1, 0.15) is 0 Å². The Kier molecular flexibility index (Phi) is 4.19. The number of hydrogen-bond acceptors (Lipinski definition) is 0. The molecule has 0 fully saturated rings. The first-order chi connectivity index (χ1) is 13.9. The maximum Gasteiger partial charge on any atom is 0.369 e. The van der Waals surface area contributed by atoms with Crippen molar-refractivity contribution in [2.75, 3.05) is 0 Å². The quantitative estimate of drug-likeness (QED) is 0.300. The first-order valence-corrected chi connectivity index (χ1v) is 9.47. The van der Waals surface area contributed by atoms with Crippen molar-refractivity contribution >= 4 is 10.8 Å². The van der Waals surface area contributed by atoms with Gasteiger partial charge in [-0.2, -0.15) is 0 Å². The third-order valence-electron chi connectivity index (χ3n) is 5.01. The molecule has 5 rings (SSSR count). The second-order valence-electron chi connectivity index (χ2n) is 6.78. The van der Waals surface area contributed by atoms with Gasteiger partial charge in [0.25, 0.3) is 0 Å². The van der Waals surface area contributed by atoms with E-state index in [2.05, 4.69) is 84.9 Å². The second-order valence-corrected chi connectivity index (χ2v) is 6.78. The fraction of sp³-hybridized carbons (Fsp3) is 0. The molecule has 0 atom stereocenters. The third-order valence-corrected chi connectivity index (χ3v) is 5.01. The van der Waals surface area contributed by atoms with Crippen molar-refractivity contribution in [3.05, 3.63) is 115 Å². The molecule has 28 heavy (non-hydrogen) atoms. The predicted octanol–water partition coefficient (Wildman–Crippen LogP) is 7.71. The zero-order chi connectivity index (χ0) is 18.8. The van der Waals surface area contributed by atoms with Crippen LogP contribution in [0.4, 0.5) is 0 Å². The van der Waals surface area contributed by atoms with Gasteiger partial charge in [0.2, 0.25) is 0 Å². The molecule has 0 aliphatic heterocycles. The smallest absolute Gasteiger partial charge is 0.205 e. The molecule has 1 heterocycles. The number of fused-ring (bicyclic) bond motifs is 1. The summed E-state index contributed by atoms with van der Waals surface area (Å²) in [4.78, 5) is 0. The van der Waals surface area contributed by atoms with Crippen molar-refractivity contribution in [1.29, 1.82) is 0 Å². The molecule has 1 aromatic heterocycles. The summed E-state index contributed by atoms with van der Waals surface area (Å²) in [5.41, 5.74) is 4.43. The van der Waals surface area contributed by atoms with Crippen LogP contribution in [0.5, 0.6) is 0 Å². The Morgan fingerprint density at radius 3 is 1.36 bits per heavy atom. The van der Waals surface area contributed by atoms with Crippen LogP contribution in [-0.2, 0) is 0 Å². The van der Waals surface area contributed by atoms with Gasteiger partial charge in [0, 0.05) is 5.39 Å². The van der Waals surface area contributed by atoms with Crippen molar-refractivity contribution in [3.63, 3.8) is 0 Å². The number of benzene rings is 4. The highest BCUT2D eigenvalue weighted by molar-refractivity contribution is 6.06. The van der Waals surface area contributed by atoms with Crippen molar-refractivity contribution < 1.29 is 4.42 Å². The SMILES string of the molecule is c1ccc(-c2[o+]c(-c3ccccc3)c3ccccc3c2-c2ccccc2)cc1. The van der Waals surface area contributed by atoms with Crippen molar-refractivity contribution in [3.8, 4) is 33.8 Å². The minimum atomic E-state index is 0.893. The number of rotatable bonds is 3. The predicted molar refractivity (Wildman–Crippen MR) is 117 cm³/mol. The maximum absolute atomic E-state index is 6.65. The lowest BCUT2D eigenvalue weighted by Crippen LogP contribution is -1.91. The Balaban J connectivity index is 1.93. The van der Waals surface area contributed by atoms with Gasteiger partial charge < -0.3 is 0 Å². The van der Waals surface area contributed by atoms with Crippen molar-refractivity contribution in [2.45, 2.75) is 0 Å². The highest BCUT2D eigenvalue weighted by Gasteiger charge is 2.28. The lowest BCUT2D eigenvalue weighted by Gasteiger charge is -2.08. The van der Waals surface area contributed by atoms with Gasteiger partial charge in [-0.25, -0.2) is 4.42 Å². The van der Waals surface area contributed by atoms with Gasteiger partial charge in [-0.05, 0) is 35.9 Å². The summed E-state index contributed by atoms with van der Waals surface area (Å²) in [6, 6.07) is 39.7. The van der Waals surface area contributed by atoms with Crippen LogP contribution in [0, 0.1) is 0 Å². The first-order valence-electron chi connectivity index (χ1n) is 9.47. The Morgan fingerprint density at radius 2 is 0.786 bits per heavy atom. The van der Waals surface area contributed by atoms with Gasteiger partial charge in [-0.1, -0.05) is 84.9 Å². The standard InChI is InChI=1S/C27H19O/c1-4-12-20(13-5-1)25-23-18-10-11-19-24(23)26(21-14-6-2-7-15-21)28-27(25)22-16-8-3-9-17-22/h1-19H/q+1. The van der Waals surface area contributed by atoms with E-state index in [1.165, 1.54) is 5.39 Å². The molecule has 0 aliphatic rings. The molecule has 1 heteroatoms. The molecule has 1 nitrogen and oxygen atoms in total. The second kappa shape index (κ2) is 7.13. The summed E-state index contributed by atoms with van der Waals surface area (Å²) in [6.45, 7) is 0. The van der Waals surface area contributed by atoms with E-state index < -0.39 is 0 Å². The Bertz CT molecular complexity index is 1230. The molecule has 0 unspecified atom stereocenters. The normalized spacial score (nSPS) is 10.9. The van der Waals surface area contributed by atoms with Gasteiger partial charge in [0.05, 0.1) is 22.1 Å². The van der Waals surface area contributed by atoms with Crippen LogP contribution < -0.4 is 0 Å². The minimum absolute atomic E-state index is 0.893. The maximum atomic E-state index is 6.65. The molecule has 4 aromatic carbocycles. The van der Waals surface area contributed by atoms with E-state index in [0.29, 0.717) is 0 Å². The van der Waals surface area contributed by atoms with E-state index >= 15 is 0 Å². The van der Waals surface area contributed by atoms with E-state index in [4.69, 9.17) is 4.42 Å². The molecule has 132 valence electrons. The van der Waals surface area contributed by atoms with Crippen LogP contribution in [-0.4, -0.2) is 0 Å². The Morgan fingerprint density at radius 1 is 0.357 bits per heavy atom. The zero-order valence-corrected chi connectivity index (χ0v) is 15.4. The van der Waals surface area contributed by atoms with Crippen LogP contribution in [0.3, 0.4) is 0 Å². The van der Waals surface area contributed by atoms with Gasteiger partial charge >= 0.3 is 11.5 Å². The molecule has 0 saturated carbocycles. The summed E-state index contributed by atoms with van der Waals surface area (Å²) in [7, 11) is 0. The molecule has 0 bridgehead atoms. The van der Waals surface area contributed by atoms with Gasteiger partial charge in [0.1, 0.15) is 0 Å². The summed E-state index contributed by atoms with van der Waals surface area (Å²) >= 11 is 0. The van der Waals surface area contributed by atoms with E-state index in [0.717, 1.165) is 39.2 Å². The zero-order valence-electron chi connectivity index (χ0n) is 15.4. The van der Waals surface area contributed by atoms with Gasteiger partial charge in [0.15, 0.2) is 0 Å².